The first-order valence-electron chi connectivity index (χ1n) is 3.40. The molecule has 1 aliphatic rings. The van der Waals surface area contributed by atoms with Gasteiger partial charge in [-0.2, -0.15) is 0 Å². The molecule has 2 nitrogen and oxygen atoms in total. The molecule has 0 unspecified atom stereocenters. The highest BCUT2D eigenvalue weighted by Gasteiger charge is 2.25. The average Bonchev–Trinajstić information content (AvgIpc) is 2.34. The van der Waals surface area contributed by atoms with Gasteiger partial charge in [0.05, 0.1) is 0 Å². The van der Waals surface area contributed by atoms with Crippen molar-refractivity contribution in [2.24, 2.45) is 0 Å². The van der Waals surface area contributed by atoms with Gasteiger partial charge in [-0.05, 0) is 0 Å². The highest BCUT2D eigenvalue weighted by Crippen LogP contribution is 2.24. The lowest BCUT2D eigenvalue weighted by Crippen LogP contribution is -1.93. The lowest BCUT2D eigenvalue weighted by atomic mass is 10.2. The fourth-order valence-corrected chi connectivity index (χ4v) is 1.31. The van der Waals surface area contributed by atoms with E-state index in [0.29, 0.717) is 6.54 Å². The first-order valence-corrected chi connectivity index (χ1v) is 3.40. The summed E-state index contributed by atoms with van der Waals surface area (Å²) in [6.07, 6.45) is 0.902. The summed E-state index contributed by atoms with van der Waals surface area (Å²) in [4.78, 5) is 11.0. The Kier molecular flexibility index (Phi) is 1.07. The van der Waals surface area contributed by atoms with Crippen LogP contribution in [-0.2, 0) is 6.42 Å². The van der Waals surface area contributed by atoms with Gasteiger partial charge in [0, 0.05) is 27.7 Å². The zero-order valence-corrected chi connectivity index (χ0v) is 5.58. The molecule has 0 spiro atoms. The van der Waals surface area contributed by atoms with Gasteiger partial charge in [-0.15, -0.1) is 0 Å². The summed E-state index contributed by atoms with van der Waals surface area (Å²) >= 11 is 0. The van der Waals surface area contributed by atoms with Gasteiger partial charge in [-0.3, -0.25) is 0 Å². The van der Waals surface area contributed by atoms with Gasteiger partial charge < -0.3 is 0 Å². The number of hydrogen-bond donors (Lipinski definition) is 0. The largest absolute Gasteiger partial charge is 0.259 e. The molecule has 1 heterocycles. The molecule has 2 rings (SSSR count). The third-order valence-corrected chi connectivity index (χ3v) is 1.84. The molecule has 1 aromatic carbocycles. The molecule has 0 aromatic heterocycles. The average molecular weight is 134 g/mol. The fourth-order valence-electron chi connectivity index (χ4n) is 1.31. The molecule has 50 valence electrons. The summed E-state index contributed by atoms with van der Waals surface area (Å²) in [7, 11) is 0. The Hall–Kier alpha value is -1.18. The molecule has 0 radical (unpaired) electrons. The molecule has 0 amide bonds. The van der Waals surface area contributed by atoms with E-state index >= 15 is 0 Å². The summed E-state index contributed by atoms with van der Waals surface area (Å²) in [6, 6.07) is 7.75. The SMILES string of the molecule is O=[N+]1CCc2ccccc21. The van der Waals surface area contributed by atoms with Crippen LogP contribution in [0.4, 0.5) is 5.69 Å². The maximum Gasteiger partial charge on any atom is 0.259 e. The third kappa shape index (κ3) is 0.652. The van der Waals surface area contributed by atoms with Crippen molar-refractivity contribution in [1.29, 1.82) is 0 Å². The second kappa shape index (κ2) is 1.90. The lowest BCUT2D eigenvalue weighted by Gasteiger charge is -1.84. The van der Waals surface area contributed by atoms with Crippen molar-refractivity contribution >= 4 is 5.69 Å². The van der Waals surface area contributed by atoms with Crippen LogP contribution in [0.2, 0.25) is 0 Å². The van der Waals surface area contributed by atoms with E-state index in [1.54, 1.807) is 0 Å². The van der Waals surface area contributed by atoms with Gasteiger partial charge in [0.15, 0.2) is 0 Å². The minimum atomic E-state index is 0.624. The molecule has 0 saturated heterocycles. The van der Waals surface area contributed by atoms with Crippen LogP contribution >= 0.6 is 0 Å². The predicted octanol–water partition coefficient (Wildman–Crippen LogP) is 1.65. The fraction of sp³-hybridized carbons (Fsp3) is 0.250. The van der Waals surface area contributed by atoms with Crippen molar-refractivity contribution in [3.05, 3.63) is 34.7 Å². The smallest absolute Gasteiger partial charge is 0.0615 e. The van der Waals surface area contributed by atoms with Gasteiger partial charge >= 0.3 is 0 Å². The number of benzene rings is 1. The van der Waals surface area contributed by atoms with Gasteiger partial charge in [-0.25, -0.2) is 0 Å². The second-order valence-electron chi connectivity index (χ2n) is 2.48. The number of para-hydroxylation sites is 1. The Balaban J connectivity index is 2.61. The maximum absolute atomic E-state index is 11.0. The summed E-state index contributed by atoms with van der Waals surface area (Å²) < 4.78 is 1.05. The summed E-state index contributed by atoms with van der Waals surface area (Å²) in [5, 5.41) is 0. The van der Waals surface area contributed by atoms with Crippen molar-refractivity contribution in [2.75, 3.05) is 6.54 Å². The van der Waals surface area contributed by atoms with Crippen molar-refractivity contribution in [1.82, 2.24) is 0 Å². The van der Waals surface area contributed by atoms with Crippen LogP contribution in [0.1, 0.15) is 5.56 Å². The van der Waals surface area contributed by atoms with Crippen molar-refractivity contribution in [3.8, 4) is 0 Å². The highest BCUT2D eigenvalue weighted by atomic mass is 16.3. The number of hydrogen-bond acceptors (Lipinski definition) is 1. The summed E-state index contributed by atoms with van der Waals surface area (Å²) in [5.74, 6) is 0. The van der Waals surface area contributed by atoms with E-state index in [-0.39, 0.29) is 0 Å². The molecule has 1 aromatic rings. The zero-order valence-electron chi connectivity index (χ0n) is 5.58. The Morgan fingerprint density at radius 1 is 1.30 bits per heavy atom. The Morgan fingerprint density at radius 3 is 2.90 bits per heavy atom. The van der Waals surface area contributed by atoms with Crippen LogP contribution in [-0.4, -0.2) is 11.3 Å². The van der Waals surface area contributed by atoms with E-state index in [1.807, 2.05) is 24.3 Å². The minimum Gasteiger partial charge on any atom is -0.0615 e. The minimum absolute atomic E-state index is 0.624. The van der Waals surface area contributed by atoms with Crippen LogP contribution < -0.4 is 0 Å². The second-order valence-corrected chi connectivity index (χ2v) is 2.48. The molecule has 0 saturated carbocycles. The molecular formula is C8H8NO+. The van der Waals surface area contributed by atoms with Crippen LogP contribution in [0, 0.1) is 4.91 Å². The standard InChI is InChI=1S/C8H8NO/c10-9-6-5-7-3-1-2-4-8(7)9/h1-4H,5-6H2/q+1. The molecule has 0 atom stereocenters. The van der Waals surface area contributed by atoms with Crippen LogP contribution in [0.3, 0.4) is 0 Å². The van der Waals surface area contributed by atoms with Crippen LogP contribution in [0.5, 0.6) is 0 Å². The quantitative estimate of drug-likeness (QED) is 0.494. The van der Waals surface area contributed by atoms with Gasteiger partial charge in [-0.1, -0.05) is 18.2 Å². The lowest BCUT2D eigenvalue weighted by molar-refractivity contribution is -0.451. The van der Waals surface area contributed by atoms with Crippen molar-refractivity contribution < 1.29 is 4.76 Å². The molecule has 0 fully saturated rings. The molecule has 10 heavy (non-hydrogen) atoms. The van der Waals surface area contributed by atoms with E-state index in [9.17, 15) is 4.91 Å². The van der Waals surface area contributed by atoms with Crippen molar-refractivity contribution in [3.63, 3.8) is 0 Å². The van der Waals surface area contributed by atoms with E-state index in [4.69, 9.17) is 0 Å². The summed E-state index contributed by atoms with van der Waals surface area (Å²) in [6.45, 7) is 0.624. The molecule has 1 aliphatic heterocycles. The molecule has 0 N–H and O–H groups in total. The Labute approximate surface area is 59.1 Å². The van der Waals surface area contributed by atoms with Crippen LogP contribution in [0.15, 0.2) is 24.3 Å². The molecular weight excluding hydrogens is 126 g/mol. The first-order chi connectivity index (χ1) is 4.88. The number of nitrogens with zero attached hydrogens (tertiary/aromatic N) is 1. The predicted molar refractivity (Wildman–Crippen MR) is 38.3 cm³/mol. The third-order valence-electron chi connectivity index (χ3n) is 1.84. The highest BCUT2D eigenvalue weighted by molar-refractivity contribution is 5.41. The Bertz CT molecular complexity index is 280. The summed E-state index contributed by atoms with van der Waals surface area (Å²) in [5.41, 5.74) is 2.03. The number of nitroso groups, excluding NO2 is 1. The normalized spacial score (nSPS) is 15.4. The van der Waals surface area contributed by atoms with E-state index in [1.165, 1.54) is 5.56 Å². The first kappa shape index (κ1) is 5.59. The zero-order chi connectivity index (χ0) is 6.97. The maximum atomic E-state index is 11.0. The van der Waals surface area contributed by atoms with Gasteiger partial charge in [0.2, 0.25) is 6.54 Å². The number of rotatable bonds is 0. The van der Waals surface area contributed by atoms with Gasteiger partial charge in [0.1, 0.15) is 0 Å². The van der Waals surface area contributed by atoms with Gasteiger partial charge in [0.25, 0.3) is 5.69 Å². The van der Waals surface area contributed by atoms with E-state index in [2.05, 4.69) is 0 Å². The van der Waals surface area contributed by atoms with Crippen LogP contribution in [0.25, 0.3) is 0 Å². The Morgan fingerprint density at radius 2 is 2.10 bits per heavy atom. The van der Waals surface area contributed by atoms with E-state index in [0.717, 1.165) is 16.9 Å². The van der Waals surface area contributed by atoms with E-state index < -0.39 is 0 Å². The molecule has 0 aliphatic carbocycles. The molecule has 2 heteroatoms. The number of fused-ring (bicyclic) bond motifs is 1. The monoisotopic (exact) mass is 134 g/mol. The van der Waals surface area contributed by atoms with Crippen molar-refractivity contribution in [2.45, 2.75) is 6.42 Å². The topological polar surface area (TPSA) is 20.1 Å². The molecule has 0 bridgehead atoms.